The topological polar surface area (TPSA) is 77.8 Å². The van der Waals surface area contributed by atoms with E-state index < -0.39 is 0 Å². The van der Waals surface area contributed by atoms with Gasteiger partial charge in [-0.25, -0.2) is 4.98 Å². The highest BCUT2D eigenvalue weighted by atomic mass is 35.5. The molecule has 0 amide bonds. The minimum atomic E-state index is 0.0385. The lowest BCUT2D eigenvalue weighted by Crippen LogP contribution is -1.82. The van der Waals surface area contributed by atoms with Gasteiger partial charge >= 0.3 is 6.01 Å². The minimum Gasteiger partial charge on any atom is -0.404 e. The number of benzene rings is 2. The van der Waals surface area contributed by atoms with Crippen molar-refractivity contribution in [1.82, 2.24) is 15.2 Å². The molecule has 0 spiro atoms. The molecule has 0 saturated heterocycles. The average Bonchev–Trinajstić information content (AvgIpc) is 3.27. The van der Waals surface area contributed by atoms with Crippen molar-refractivity contribution in [1.29, 1.82) is 0 Å². The maximum absolute atomic E-state index is 6.09. The van der Waals surface area contributed by atoms with Gasteiger partial charge in [-0.2, -0.15) is 0 Å². The van der Waals surface area contributed by atoms with Gasteiger partial charge in [-0.3, -0.25) is 0 Å². The standard InChI is InChI=1S/C17H10Cl2N4OS/c18-12-5-4-9(7-13(12)19)14-8-25-16(21-14)11-3-1-2-10(6-11)15-22-23-17(20)24-15/h1-8H,(H2,20,23). The number of rotatable bonds is 3. The Hall–Kier alpha value is -2.41. The largest absolute Gasteiger partial charge is 0.404 e. The van der Waals surface area contributed by atoms with E-state index in [1.165, 1.54) is 11.3 Å². The fourth-order valence-corrected chi connectivity index (χ4v) is 3.46. The van der Waals surface area contributed by atoms with E-state index in [4.69, 9.17) is 33.4 Å². The van der Waals surface area contributed by atoms with Crippen molar-refractivity contribution in [3.63, 3.8) is 0 Å². The van der Waals surface area contributed by atoms with Gasteiger partial charge in [0.25, 0.3) is 0 Å². The van der Waals surface area contributed by atoms with Crippen LogP contribution in [0.4, 0.5) is 6.01 Å². The van der Waals surface area contributed by atoms with Crippen LogP contribution in [0.2, 0.25) is 10.0 Å². The van der Waals surface area contributed by atoms with Crippen LogP contribution in [0.1, 0.15) is 0 Å². The summed E-state index contributed by atoms with van der Waals surface area (Å²) in [5.41, 5.74) is 8.97. The molecule has 0 aliphatic carbocycles. The molecule has 2 heterocycles. The number of aromatic nitrogens is 3. The van der Waals surface area contributed by atoms with E-state index in [1.54, 1.807) is 12.1 Å². The number of hydrogen-bond acceptors (Lipinski definition) is 6. The first-order chi connectivity index (χ1) is 12.1. The van der Waals surface area contributed by atoms with Crippen molar-refractivity contribution >= 4 is 40.6 Å². The van der Waals surface area contributed by atoms with E-state index in [9.17, 15) is 0 Å². The molecule has 0 unspecified atom stereocenters. The summed E-state index contributed by atoms with van der Waals surface area (Å²) in [6, 6.07) is 13.2. The van der Waals surface area contributed by atoms with Crippen molar-refractivity contribution in [2.24, 2.45) is 0 Å². The Balaban J connectivity index is 1.69. The molecule has 0 saturated carbocycles. The number of thiazole rings is 1. The second-order valence-corrected chi connectivity index (χ2v) is 6.87. The summed E-state index contributed by atoms with van der Waals surface area (Å²) in [6.07, 6.45) is 0. The molecule has 5 nitrogen and oxygen atoms in total. The molecule has 0 aliphatic heterocycles. The SMILES string of the molecule is Nc1nnc(-c2cccc(-c3nc(-c4ccc(Cl)c(Cl)c4)cs3)c2)o1. The summed E-state index contributed by atoms with van der Waals surface area (Å²) < 4.78 is 5.27. The number of nitrogens with zero attached hydrogens (tertiary/aromatic N) is 3. The zero-order chi connectivity index (χ0) is 17.4. The zero-order valence-electron chi connectivity index (χ0n) is 12.6. The third-order valence-electron chi connectivity index (χ3n) is 3.52. The zero-order valence-corrected chi connectivity index (χ0v) is 14.9. The van der Waals surface area contributed by atoms with E-state index >= 15 is 0 Å². The van der Waals surface area contributed by atoms with Crippen LogP contribution in [-0.2, 0) is 0 Å². The van der Waals surface area contributed by atoms with Gasteiger partial charge in [0.05, 0.1) is 15.7 Å². The second-order valence-electron chi connectivity index (χ2n) is 5.19. The predicted octanol–water partition coefficient (Wildman–Crippen LogP) is 5.42. The van der Waals surface area contributed by atoms with Gasteiger partial charge in [0.15, 0.2) is 0 Å². The first-order valence-electron chi connectivity index (χ1n) is 7.21. The summed E-state index contributed by atoms with van der Waals surface area (Å²) in [6.45, 7) is 0. The Morgan fingerprint density at radius 3 is 2.52 bits per heavy atom. The van der Waals surface area contributed by atoms with Crippen LogP contribution in [0.3, 0.4) is 0 Å². The first-order valence-corrected chi connectivity index (χ1v) is 8.84. The highest BCUT2D eigenvalue weighted by Gasteiger charge is 2.11. The van der Waals surface area contributed by atoms with Crippen LogP contribution in [0.15, 0.2) is 52.3 Å². The van der Waals surface area contributed by atoms with E-state index in [0.29, 0.717) is 15.9 Å². The Bertz CT molecular complexity index is 1060. The molecule has 0 bridgehead atoms. The molecule has 2 aromatic heterocycles. The fraction of sp³-hybridized carbons (Fsp3) is 0. The third-order valence-corrected chi connectivity index (χ3v) is 5.15. The molecular weight excluding hydrogens is 379 g/mol. The van der Waals surface area contributed by atoms with Crippen LogP contribution in [0.5, 0.6) is 0 Å². The number of nitrogen functional groups attached to an aromatic ring is 1. The lowest BCUT2D eigenvalue weighted by atomic mass is 10.1. The lowest BCUT2D eigenvalue weighted by molar-refractivity contribution is 0.590. The molecule has 0 fully saturated rings. The van der Waals surface area contributed by atoms with Gasteiger partial charge in [0, 0.05) is 22.1 Å². The van der Waals surface area contributed by atoms with Crippen molar-refractivity contribution < 1.29 is 4.42 Å². The van der Waals surface area contributed by atoms with E-state index in [1.807, 2.05) is 35.7 Å². The molecule has 4 aromatic rings. The summed E-state index contributed by atoms with van der Waals surface area (Å²) in [4.78, 5) is 4.69. The first kappa shape index (κ1) is 16.1. The van der Waals surface area contributed by atoms with Gasteiger partial charge in [0.2, 0.25) is 5.89 Å². The summed E-state index contributed by atoms with van der Waals surface area (Å²) in [5, 5.41) is 11.5. The van der Waals surface area contributed by atoms with E-state index in [-0.39, 0.29) is 6.01 Å². The average molecular weight is 389 g/mol. The molecule has 0 radical (unpaired) electrons. The minimum absolute atomic E-state index is 0.0385. The lowest BCUT2D eigenvalue weighted by Gasteiger charge is -2.01. The highest BCUT2D eigenvalue weighted by molar-refractivity contribution is 7.13. The van der Waals surface area contributed by atoms with Gasteiger partial charge in [-0.15, -0.1) is 16.4 Å². The van der Waals surface area contributed by atoms with Crippen LogP contribution < -0.4 is 5.73 Å². The normalized spacial score (nSPS) is 11.0. The maximum atomic E-state index is 6.09. The van der Waals surface area contributed by atoms with Gasteiger partial charge < -0.3 is 10.2 Å². The number of nitrogens with two attached hydrogens (primary N) is 1. The number of halogens is 2. The van der Waals surface area contributed by atoms with E-state index in [2.05, 4.69) is 15.2 Å². The molecule has 2 N–H and O–H groups in total. The Morgan fingerprint density at radius 2 is 1.76 bits per heavy atom. The highest BCUT2D eigenvalue weighted by Crippen LogP contribution is 2.33. The molecule has 8 heteroatoms. The maximum Gasteiger partial charge on any atom is 0.313 e. The molecule has 124 valence electrons. The fourth-order valence-electron chi connectivity index (χ4n) is 2.33. The van der Waals surface area contributed by atoms with Crippen molar-refractivity contribution in [2.45, 2.75) is 0 Å². The Labute approximate surface area is 157 Å². The van der Waals surface area contributed by atoms with Crippen LogP contribution in [0.25, 0.3) is 33.3 Å². The summed E-state index contributed by atoms with van der Waals surface area (Å²) in [5.74, 6) is 0.376. The number of anilines is 1. The molecular formula is C17H10Cl2N4OS. The molecule has 0 atom stereocenters. The van der Waals surface area contributed by atoms with Gasteiger partial charge in [-0.05, 0) is 24.3 Å². The molecule has 4 rings (SSSR count). The Morgan fingerprint density at radius 1 is 0.920 bits per heavy atom. The van der Waals surface area contributed by atoms with Crippen molar-refractivity contribution in [2.75, 3.05) is 5.73 Å². The van der Waals surface area contributed by atoms with Gasteiger partial charge in [-0.1, -0.05) is 46.5 Å². The molecule has 25 heavy (non-hydrogen) atoms. The van der Waals surface area contributed by atoms with Crippen LogP contribution >= 0.6 is 34.5 Å². The molecule has 0 aliphatic rings. The third kappa shape index (κ3) is 3.24. The predicted molar refractivity (Wildman–Crippen MR) is 101 cm³/mol. The van der Waals surface area contributed by atoms with Crippen molar-refractivity contribution in [3.05, 3.63) is 57.9 Å². The summed E-state index contributed by atoms with van der Waals surface area (Å²) >= 11 is 13.6. The monoisotopic (exact) mass is 388 g/mol. The van der Waals surface area contributed by atoms with Crippen LogP contribution in [0, 0.1) is 0 Å². The van der Waals surface area contributed by atoms with Gasteiger partial charge in [0.1, 0.15) is 5.01 Å². The smallest absolute Gasteiger partial charge is 0.313 e. The van der Waals surface area contributed by atoms with E-state index in [0.717, 1.165) is 27.4 Å². The molecule has 2 aromatic carbocycles. The number of hydrogen-bond donors (Lipinski definition) is 1. The van der Waals surface area contributed by atoms with Crippen molar-refractivity contribution in [3.8, 4) is 33.3 Å². The Kier molecular flexibility index (Phi) is 4.17. The quantitative estimate of drug-likeness (QED) is 0.507. The van der Waals surface area contributed by atoms with Crippen LogP contribution in [-0.4, -0.2) is 15.2 Å². The second kappa shape index (κ2) is 6.48. The summed E-state index contributed by atoms with van der Waals surface area (Å²) in [7, 11) is 0.